The summed E-state index contributed by atoms with van der Waals surface area (Å²) >= 11 is 1.28. The van der Waals surface area contributed by atoms with Gasteiger partial charge in [0.25, 0.3) is 5.19 Å². The lowest BCUT2D eigenvalue weighted by molar-refractivity contribution is -0.111. The third-order valence-electron chi connectivity index (χ3n) is 5.99. The van der Waals surface area contributed by atoms with Crippen molar-refractivity contribution in [3.63, 3.8) is 0 Å². The van der Waals surface area contributed by atoms with Crippen LogP contribution < -0.4 is 15.8 Å². The number of aryl methyl sites for hydroxylation is 2. The van der Waals surface area contributed by atoms with Gasteiger partial charge in [-0.05, 0) is 48.4 Å². The number of pyridine rings is 1. The molecule has 2 aromatic carbocycles. The number of aromatic nitrogens is 3. The largest absolute Gasteiger partial charge is 0.428 e. The molecule has 10 heteroatoms. The van der Waals surface area contributed by atoms with Crippen LogP contribution in [0.2, 0.25) is 0 Å². The second-order valence-electron chi connectivity index (χ2n) is 8.45. The molecule has 0 spiro atoms. The van der Waals surface area contributed by atoms with Gasteiger partial charge >= 0.3 is 0 Å². The highest BCUT2D eigenvalue weighted by molar-refractivity contribution is 7.11. The first-order valence-electron chi connectivity index (χ1n) is 11.4. The molecule has 0 atom stereocenters. The zero-order valence-corrected chi connectivity index (χ0v) is 21.3. The number of hydrogen-bond acceptors (Lipinski definition) is 7. The third kappa shape index (κ3) is 4.36. The van der Waals surface area contributed by atoms with Crippen LogP contribution in [-0.4, -0.2) is 20.4 Å². The lowest BCUT2D eigenvalue weighted by Crippen LogP contribution is -2.06. The van der Waals surface area contributed by atoms with Crippen molar-refractivity contribution in [2.45, 2.75) is 6.92 Å². The van der Waals surface area contributed by atoms with Crippen molar-refractivity contribution in [2.24, 2.45) is 7.05 Å². The number of nitrogens with one attached hydrogen (secondary N) is 1. The van der Waals surface area contributed by atoms with Gasteiger partial charge in [0.1, 0.15) is 11.9 Å². The number of carbonyl (C=O) groups excluding carboxylic acids is 1. The van der Waals surface area contributed by atoms with Crippen molar-refractivity contribution >= 4 is 39.7 Å². The zero-order chi connectivity index (χ0) is 27.0. The molecule has 5 aromatic rings. The van der Waals surface area contributed by atoms with Crippen LogP contribution in [0.25, 0.3) is 33.3 Å². The number of benzene rings is 2. The smallest absolute Gasteiger partial charge is 0.278 e. The van der Waals surface area contributed by atoms with Gasteiger partial charge < -0.3 is 20.4 Å². The summed E-state index contributed by atoms with van der Waals surface area (Å²) in [5.41, 5.74) is 11.2. The van der Waals surface area contributed by atoms with Crippen molar-refractivity contribution in [3.8, 4) is 39.4 Å². The molecule has 0 unspecified atom stereocenters. The molecular formula is C28H21FN6O2S. The zero-order valence-electron chi connectivity index (χ0n) is 20.4. The maximum atomic E-state index is 15.3. The number of nitrogens with zero attached hydrogens (tertiary/aromatic N) is 4. The Morgan fingerprint density at radius 2 is 2.00 bits per heavy atom. The van der Waals surface area contributed by atoms with Gasteiger partial charge in [0.05, 0.1) is 27.9 Å². The highest BCUT2D eigenvalue weighted by Gasteiger charge is 2.24. The van der Waals surface area contributed by atoms with Crippen LogP contribution in [0.3, 0.4) is 0 Å². The molecule has 0 aliphatic heterocycles. The van der Waals surface area contributed by atoms with E-state index in [1.54, 1.807) is 18.2 Å². The standard InChI is InChI=1S/C28H21FN6O2S/c1-4-22(36)34-19-8-5-16(6-9-19)25-23(24-26(35(25)3)18(12-30)13-32-27(24)31)17-7-10-21(20(29)11-17)37-28-33-15(2)14-38-28/h4-11,13-14H,1H2,2-3H3,(H2,31,32)(H,34,36). The summed E-state index contributed by atoms with van der Waals surface area (Å²) in [6, 6.07) is 14.0. The molecule has 1 amide bonds. The van der Waals surface area contributed by atoms with Gasteiger partial charge in [-0.2, -0.15) is 5.26 Å². The van der Waals surface area contributed by atoms with Gasteiger partial charge in [0, 0.05) is 29.9 Å². The fourth-order valence-electron chi connectivity index (χ4n) is 4.33. The van der Waals surface area contributed by atoms with E-state index in [9.17, 15) is 10.1 Å². The minimum atomic E-state index is -0.580. The molecule has 0 radical (unpaired) electrons. The predicted octanol–water partition coefficient (Wildman–Crippen LogP) is 6.18. The number of halogens is 1. The second kappa shape index (κ2) is 9.80. The van der Waals surface area contributed by atoms with Crippen molar-refractivity contribution in [1.29, 1.82) is 5.26 Å². The number of fused-ring (bicyclic) bond motifs is 1. The Bertz CT molecular complexity index is 1770. The lowest BCUT2D eigenvalue weighted by Gasteiger charge is -2.11. The van der Waals surface area contributed by atoms with E-state index in [4.69, 9.17) is 10.5 Å². The highest BCUT2D eigenvalue weighted by atomic mass is 32.1. The first-order valence-corrected chi connectivity index (χ1v) is 12.3. The number of rotatable bonds is 6. The van der Waals surface area contributed by atoms with Crippen LogP contribution >= 0.6 is 11.3 Å². The van der Waals surface area contributed by atoms with Gasteiger partial charge in [-0.1, -0.05) is 36.1 Å². The molecule has 0 fully saturated rings. The molecule has 8 nitrogen and oxygen atoms in total. The number of carbonyl (C=O) groups is 1. The van der Waals surface area contributed by atoms with Crippen LogP contribution in [0.5, 0.6) is 10.9 Å². The fourth-order valence-corrected chi connectivity index (χ4v) is 4.99. The molecule has 3 aromatic heterocycles. The first-order chi connectivity index (χ1) is 18.3. The molecule has 38 heavy (non-hydrogen) atoms. The normalized spacial score (nSPS) is 10.8. The Labute approximate surface area is 221 Å². The van der Waals surface area contributed by atoms with E-state index in [1.165, 1.54) is 35.7 Å². The molecule has 188 valence electrons. The summed E-state index contributed by atoms with van der Waals surface area (Å²) in [6.07, 6.45) is 2.61. The van der Waals surface area contributed by atoms with Crippen molar-refractivity contribution in [1.82, 2.24) is 14.5 Å². The van der Waals surface area contributed by atoms with Crippen LogP contribution in [0.4, 0.5) is 15.9 Å². The number of nitriles is 1. The average Bonchev–Trinajstić information content (AvgIpc) is 3.46. The lowest BCUT2D eigenvalue weighted by atomic mass is 9.97. The average molecular weight is 525 g/mol. The van der Waals surface area contributed by atoms with E-state index < -0.39 is 5.82 Å². The van der Waals surface area contributed by atoms with Crippen LogP contribution in [-0.2, 0) is 11.8 Å². The number of ether oxygens (including phenoxy) is 1. The minimum absolute atomic E-state index is 0.0380. The number of anilines is 2. The van der Waals surface area contributed by atoms with Crippen LogP contribution in [0.1, 0.15) is 11.3 Å². The number of hydrogen-bond donors (Lipinski definition) is 2. The molecule has 0 saturated carbocycles. The Hall–Kier alpha value is -5.01. The van der Waals surface area contributed by atoms with E-state index >= 15 is 4.39 Å². The van der Waals surface area contributed by atoms with Gasteiger partial charge in [-0.3, -0.25) is 4.79 Å². The van der Waals surface area contributed by atoms with Gasteiger partial charge in [-0.25, -0.2) is 14.4 Å². The minimum Gasteiger partial charge on any atom is -0.428 e. The molecule has 0 bridgehead atoms. The number of nitrogens with two attached hydrogens (primary N) is 1. The highest BCUT2D eigenvalue weighted by Crippen LogP contribution is 2.44. The SMILES string of the molecule is C=CC(=O)Nc1ccc(-c2c(-c3ccc(Oc4nc(C)cs4)c(F)c3)c3c(N)ncc(C#N)c3n2C)cc1. The van der Waals surface area contributed by atoms with E-state index in [0.29, 0.717) is 44.2 Å². The Balaban J connectivity index is 1.70. The monoisotopic (exact) mass is 524 g/mol. The summed E-state index contributed by atoms with van der Waals surface area (Å²) in [5, 5.41) is 15.2. The summed E-state index contributed by atoms with van der Waals surface area (Å²) in [5.74, 6) is -0.657. The summed E-state index contributed by atoms with van der Waals surface area (Å²) in [7, 11) is 1.81. The number of amides is 1. The Kier molecular flexibility index (Phi) is 6.36. The van der Waals surface area contributed by atoms with Crippen LogP contribution in [0, 0.1) is 24.1 Å². The Morgan fingerprint density at radius 3 is 2.63 bits per heavy atom. The summed E-state index contributed by atoms with van der Waals surface area (Å²) in [4.78, 5) is 20.1. The second-order valence-corrected chi connectivity index (χ2v) is 9.27. The topological polar surface area (TPSA) is 119 Å². The molecule has 5 rings (SSSR count). The summed E-state index contributed by atoms with van der Waals surface area (Å²) in [6.45, 7) is 5.30. The van der Waals surface area contributed by atoms with Gasteiger partial charge in [-0.15, -0.1) is 0 Å². The quantitative estimate of drug-likeness (QED) is 0.256. The molecular weight excluding hydrogens is 503 g/mol. The van der Waals surface area contributed by atoms with Crippen molar-refractivity contribution in [2.75, 3.05) is 11.1 Å². The van der Waals surface area contributed by atoms with E-state index in [1.807, 2.05) is 36.1 Å². The van der Waals surface area contributed by atoms with Crippen molar-refractivity contribution in [3.05, 3.63) is 83.8 Å². The van der Waals surface area contributed by atoms with E-state index in [-0.39, 0.29) is 17.5 Å². The fraction of sp³-hybridized carbons (Fsp3) is 0.0714. The van der Waals surface area contributed by atoms with E-state index in [0.717, 1.165) is 11.3 Å². The number of thiazole rings is 1. The first kappa shape index (κ1) is 24.7. The van der Waals surface area contributed by atoms with Crippen molar-refractivity contribution < 1.29 is 13.9 Å². The number of nitrogen functional groups attached to an aromatic ring is 1. The molecule has 3 N–H and O–H groups in total. The Morgan fingerprint density at radius 1 is 1.26 bits per heavy atom. The maximum Gasteiger partial charge on any atom is 0.278 e. The van der Waals surface area contributed by atoms with E-state index in [2.05, 4.69) is 27.9 Å². The predicted molar refractivity (Wildman–Crippen MR) is 146 cm³/mol. The third-order valence-corrected chi connectivity index (χ3v) is 6.82. The summed E-state index contributed by atoms with van der Waals surface area (Å²) < 4.78 is 22.8. The van der Waals surface area contributed by atoms with Gasteiger partial charge in [0.15, 0.2) is 11.6 Å². The van der Waals surface area contributed by atoms with Crippen LogP contribution in [0.15, 0.2) is 66.7 Å². The van der Waals surface area contributed by atoms with Gasteiger partial charge in [0.2, 0.25) is 5.91 Å². The molecule has 0 aliphatic carbocycles. The molecule has 0 aliphatic rings. The maximum absolute atomic E-state index is 15.3. The molecule has 3 heterocycles. The molecule has 0 saturated heterocycles.